The second-order valence-corrected chi connectivity index (χ2v) is 4.84. The molecule has 0 aliphatic heterocycles. The third-order valence-electron chi connectivity index (χ3n) is 1.90. The van der Waals surface area contributed by atoms with Gasteiger partial charge in [-0.25, -0.2) is 0 Å². The Balaban J connectivity index is 3.52. The predicted octanol–water partition coefficient (Wildman–Crippen LogP) is -0.112. The van der Waals surface area contributed by atoms with Crippen molar-refractivity contribution in [3.8, 4) is 0 Å². The molecular formula is C11H24N2O3. The number of ether oxygens (including phenoxy) is 1. The van der Waals surface area contributed by atoms with Crippen molar-refractivity contribution in [1.82, 2.24) is 10.6 Å². The Kier molecular flexibility index (Phi) is 7.29. The molecule has 0 bridgehead atoms. The summed E-state index contributed by atoms with van der Waals surface area (Å²) in [6.07, 6.45) is -0.221. The van der Waals surface area contributed by atoms with Crippen LogP contribution >= 0.6 is 0 Å². The zero-order valence-corrected chi connectivity index (χ0v) is 10.7. The number of carbonyl (C=O) groups excluding carboxylic acids is 1. The van der Waals surface area contributed by atoms with E-state index in [2.05, 4.69) is 10.6 Å². The molecule has 0 fully saturated rings. The zero-order valence-electron chi connectivity index (χ0n) is 10.7. The lowest BCUT2D eigenvalue weighted by Gasteiger charge is -2.20. The summed E-state index contributed by atoms with van der Waals surface area (Å²) in [6, 6.07) is 0. The fourth-order valence-electron chi connectivity index (χ4n) is 1.12. The quantitative estimate of drug-likeness (QED) is 0.573. The second-order valence-electron chi connectivity index (χ2n) is 4.84. The number of aliphatic hydroxyl groups is 1. The molecular weight excluding hydrogens is 208 g/mol. The molecule has 1 unspecified atom stereocenters. The van der Waals surface area contributed by atoms with Crippen molar-refractivity contribution < 1.29 is 14.6 Å². The van der Waals surface area contributed by atoms with E-state index in [1.165, 1.54) is 7.11 Å². The van der Waals surface area contributed by atoms with Crippen LogP contribution in [0.5, 0.6) is 0 Å². The molecule has 0 heterocycles. The Labute approximate surface area is 97.6 Å². The SMILES string of the molecule is COCC(O)CNC(=O)CCNC(C)(C)C. The van der Waals surface area contributed by atoms with E-state index in [0.717, 1.165) is 0 Å². The van der Waals surface area contributed by atoms with Gasteiger partial charge in [-0.15, -0.1) is 0 Å². The Morgan fingerprint density at radius 3 is 2.56 bits per heavy atom. The highest BCUT2D eigenvalue weighted by Gasteiger charge is 2.10. The third-order valence-corrected chi connectivity index (χ3v) is 1.90. The smallest absolute Gasteiger partial charge is 0.221 e. The van der Waals surface area contributed by atoms with Crippen LogP contribution in [0.25, 0.3) is 0 Å². The molecule has 0 saturated heterocycles. The summed E-state index contributed by atoms with van der Waals surface area (Å²) in [6.45, 7) is 7.26. The van der Waals surface area contributed by atoms with Crippen molar-refractivity contribution in [3.63, 3.8) is 0 Å². The summed E-state index contributed by atoms with van der Waals surface area (Å²) >= 11 is 0. The minimum atomic E-state index is -0.635. The van der Waals surface area contributed by atoms with Crippen LogP contribution in [0.3, 0.4) is 0 Å². The molecule has 5 heteroatoms. The van der Waals surface area contributed by atoms with E-state index < -0.39 is 6.10 Å². The van der Waals surface area contributed by atoms with Gasteiger partial charge in [0.25, 0.3) is 0 Å². The van der Waals surface area contributed by atoms with E-state index in [4.69, 9.17) is 4.74 Å². The molecule has 3 N–H and O–H groups in total. The van der Waals surface area contributed by atoms with Gasteiger partial charge in [-0.2, -0.15) is 0 Å². The van der Waals surface area contributed by atoms with E-state index in [-0.39, 0.29) is 24.6 Å². The molecule has 0 radical (unpaired) electrons. The first-order chi connectivity index (χ1) is 7.35. The molecule has 1 atom stereocenters. The second kappa shape index (κ2) is 7.60. The first kappa shape index (κ1) is 15.3. The van der Waals surface area contributed by atoms with E-state index in [1.807, 2.05) is 20.8 Å². The Morgan fingerprint density at radius 1 is 1.44 bits per heavy atom. The van der Waals surface area contributed by atoms with E-state index in [1.54, 1.807) is 0 Å². The number of nitrogens with one attached hydrogen (secondary N) is 2. The van der Waals surface area contributed by atoms with Gasteiger partial charge in [0.05, 0.1) is 12.7 Å². The summed E-state index contributed by atoms with van der Waals surface area (Å²) in [7, 11) is 1.51. The molecule has 0 saturated carbocycles. The molecule has 1 amide bonds. The van der Waals surface area contributed by atoms with Crippen LogP contribution in [-0.4, -0.2) is 49.5 Å². The van der Waals surface area contributed by atoms with Gasteiger partial charge in [0.2, 0.25) is 5.91 Å². The van der Waals surface area contributed by atoms with Gasteiger partial charge < -0.3 is 20.5 Å². The van der Waals surface area contributed by atoms with Crippen molar-refractivity contribution >= 4 is 5.91 Å². The maximum absolute atomic E-state index is 11.3. The predicted molar refractivity (Wildman–Crippen MR) is 63.3 cm³/mol. The molecule has 0 aliphatic carbocycles. The fraction of sp³-hybridized carbons (Fsp3) is 0.909. The average Bonchev–Trinajstić information content (AvgIpc) is 2.13. The standard InChI is InChI=1S/C11H24N2O3/c1-11(2,3)13-6-5-10(15)12-7-9(14)8-16-4/h9,13-14H,5-8H2,1-4H3,(H,12,15). The van der Waals surface area contributed by atoms with Crippen LogP contribution in [0.4, 0.5) is 0 Å². The normalized spacial score (nSPS) is 13.6. The lowest BCUT2D eigenvalue weighted by molar-refractivity contribution is -0.121. The van der Waals surface area contributed by atoms with E-state index in [9.17, 15) is 9.90 Å². The lowest BCUT2D eigenvalue weighted by Crippen LogP contribution is -2.40. The number of aliphatic hydroxyl groups excluding tert-OH is 1. The molecule has 96 valence electrons. The summed E-state index contributed by atoms with van der Waals surface area (Å²) in [5, 5.41) is 15.2. The topological polar surface area (TPSA) is 70.6 Å². The van der Waals surface area contributed by atoms with Crippen LogP contribution in [0.15, 0.2) is 0 Å². The van der Waals surface area contributed by atoms with Gasteiger partial charge in [0.1, 0.15) is 0 Å². The van der Waals surface area contributed by atoms with Crippen LogP contribution in [0.2, 0.25) is 0 Å². The van der Waals surface area contributed by atoms with Crippen LogP contribution in [0.1, 0.15) is 27.2 Å². The molecule has 0 spiro atoms. The maximum atomic E-state index is 11.3. The number of carbonyl (C=O) groups is 1. The number of amides is 1. The Bertz CT molecular complexity index is 202. The highest BCUT2D eigenvalue weighted by atomic mass is 16.5. The monoisotopic (exact) mass is 232 g/mol. The maximum Gasteiger partial charge on any atom is 0.221 e. The molecule has 16 heavy (non-hydrogen) atoms. The summed E-state index contributed by atoms with van der Waals surface area (Å²) in [5.41, 5.74) is 0.0237. The van der Waals surface area contributed by atoms with Gasteiger partial charge in [-0.05, 0) is 20.8 Å². The first-order valence-corrected chi connectivity index (χ1v) is 5.54. The van der Waals surface area contributed by atoms with Crippen LogP contribution < -0.4 is 10.6 Å². The largest absolute Gasteiger partial charge is 0.389 e. The van der Waals surface area contributed by atoms with Crippen molar-refractivity contribution in [3.05, 3.63) is 0 Å². The van der Waals surface area contributed by atoms with Crippen molar-refractivity contribution in [2.45, 2.75) is 38.8 Å². The molecule has 0 rings (SSSR count). The van der Waals surface area contributed by atoms with Gasteiger partial charge in [0, 0.05) is 32.2 Å². The summed E-state index contributed by atoms with van der Waals surface area (Å²) in [5.74, 6) is -0.0631. The molecule has 0 aromatic heterocycles. The number of hydrogen-bond donors (Lipinski definition) is 3. The van der Waals surface area contributed by atoms with Crippen molar-refractivity contribution in [2.75, 3.05) is 26.8 Å². The third kappa shape index (κ3) is 9.89. The lowest BCUT2D eigenvalue weighted by atomic mass is 10.1. The van der Waals surface area contributed by atoms with Crippen molar-refractivity contribution in [1.29, 1.82) is 0 Å². The van der Waals surface area contributed by atoms with Crippen molar-refractivity contribution in [2.24, 2.45) is 0 Å². The van der Waals surface area contributed by atoms with Gasteiger partial charge in [-0.1, -0.05) is 0 Å². The average molecular weight is 232 g/mol. The summed E-state index contributed by atoms with van der Waals surface area (Å²) < 4.78 is 4.75. The highest BCUT2D eigenvalue weighted by molar-refractivity contribution is 5.76. The zero-order chi connectivity index (χ0) is 12.6. The van der Waals surface area contributed by atoms with Gasteiger partial charge in [0.15, 0.2) is 0 Å². The first-order valence-electron chi connectivity index (χ1n) is 5.54. The number of methoxy groups -OCH3 is 1. The van der Waals surface area contributed by atoms with Crippen LogP contribution in [0, 0.1) is 0 Å². The van der Waals surface area contributed by atoms with E-state index >= 15 is 0 Å². The highest BCUT2D eigenvalue weighted by Crippen LogP contribution is 1.97. The molecule has 0 aromatic rings. The fourth-order valence-corrected chi connectivity index (χ4v) is 1.12. The van der Waals surface area contributed by atoms with Gasteiger partial charge in [-0.3, -0.25) is 4.79 Å². The van der Waals surface area contributed by atoms with E-state index in [0.29, 0.717) is 13.0 Å². The Morgan fingerprint density at radius 2 is 2.06 bits per heavy atom. The van der Waals surface area contributed by atoms with Crippen LogP contribution in [-0.2, 0) is 9.53 Å². The number of rotatable bonds is 7. The molecule has 0 aromatic carbocycles. The molecule has 0 aliphatic rings. The minimum absolute atomic E-state index is 0.0237. The number of hydrogen-bond acceptors (Lipinski definition) is 4. The summed E-state index contributed by atoms with van der Waals surface area (Å²) in [4.78, 5) is 11.3. The Hall–Kier alpha value is -0.650. The van der Waals surface area contributed by atoms with Gasteiger partial charge >= 0.3 is 0 Å². The molecule has 5 nitrogen and oxygen atoms in total. The minimum Gasteiger partial charge on any atom is -0.389 e.